The lowest BCUT2D eigenvalue weighted by Crippen LogP contribution is -2.05. The maximum atomic E-state index is 12.2. The van der Waals surface area contributed by atoms with Crippen LogP contribution in [-0.4, -0.2) is 4.98 Å². The van der Waals surface area contributed by atoms with Crippen molar-refractivity contribution in [3.63, 3.8) is 0 Å². The Morgan fingerprint density at radius 3 is 2.63 bits per heavy atom. The van der Waals surface area contributed by atoms with Crippen LogP contribution in [0.1, 0.15) is 0 Å². The summed E-state index contributed by atoms with van der Waals surface area (Å²) >= 11 is 6.17. The zero-order valence-electron chi connectivity index (χ0n) is 9.70. The maximum Gasteiger partial charge on any atom is 0.278 e. The number of hydrogen-bond donors (Lipinski definition) is 2. The van der Waals surface area contributed by atoms with Crippen LogP contribution in [0.3, 0.4) is 0 Å². The van der Waals surface area contributed by atoms with E-state index in [1.165, 1.54) is 0 Å². The number of hydrogen-bond acceptors (Lipinski definition) is 4. The lowest BCUT2D eigenvalue weighted by atomic mass is 10.1. The summed E-state index contributed by atoms with van der Waals surface area (Å²) in [7, 11) is 0. The van der Waals surface area contributed by atoms with Gasteiger partial charge in [-0.2, -0.15) is 0 Å². The summed E-state index contributed by atoms with van der Waals surface area (Å²) in [6.07, 6.45) is 0. The van der Waals surface area contributed by atoms with Gasteiger partial charge in [0.2, 0.25) is 0 Å². The van der Waals surface area contributed by atoms with E-state index >= 15 is 0 Å². The van der Waals surface area contributed by atoms with Gasteiger partial charge >= 0.3 is 0 Å². The number of nitrogens with one attached hydrogen (secondary N) is 2. The Labute approximate surface area is 113 Å². The molecule has 0 radical (unpaired) electrons. The summed E-state index contributed by atoms with van der Waals surface area (Å²) in [5, 5.41) is 2.74. The Bertz CT molecular complexity index is 908. The average Bonchev–Trinajstić information content (AvgIpc) is 2.80. The van der Waals surface area contributed by atoms with Crippen LogP contribution in [-0.2, 0) is 0 Å². The van der Waals surface area contributed by atoms with Crippen molar-refractivity contribution in [1.82, 2.24) is 4.98 Å². The largest absolute Gasteiger partial charge is 0.300 e. The zero-order chi connectivity index (χ0) is 13.0. The van der Waals surface area contributed by atoms with E-state index in [0.29, 0.717) is 15.9 Å². The van der Waals surface area contributed by atoms with Crippen LogP contribution in [0.5, 0.6) is 0 Å². The van der Waals surface area contributed by atoms with Gasteiger partial charge in [-0.05, 0) is 18.2 Å². The molecule has 2 aromatic carbocycles. The van der Waals surface area contributed by atoms with Crippen LogP contribution < -0.4 is 16.4 Å². The highest BCUT2D eigenvalue weighted by molar-refractivity contribution is 6.36. The SMILES string of the molecule is O=c1nc2c(Cl)ccc3c2c(c2ccccc12)NN3. The summed E-state index contributed by atoms with van der Waals surface area (Å²) in [6, 6.07) is 11.0. The Balaban J connectivity index is 2.43. The summed E-state index contributed by atoms with van der Waals surface area (Å²) in [4.78, 5) is 16.4. The second-order valence-corrected chi connectivity index (χ2v) is 4.81. The van der Waals surface area contributed by atoms with Gasteiger partial charge in [0.25, 0.3) is 5.56 Å². The second kappa shape index (κ2) is 3.59. The van der Waals surface area contributed by atoms with Gasteiger partial charge in [0, 0.05) is 5.39 Å². The molecule has 2 N–H and O–H groups in total. The molecule has 1 aliphatic rings. The molecule has 0 unspecified atom stereocenters. The van der Waals surface area contributed by atoms with Gasteiger partial charge in [0.1, 0.15) is 0 Å². The Morgan fingerprint density at radius 1 is 1.00 bits per heavy atom. The lowest BCUT2D eigenvalue weighted by molar-refractivity contribution is 1.36. The van der Waals surface area contributed by atoms with Gasteiger partial charge in [-0.25, -0.2) is 4.98 Å². The summed E-state index contributed by atoms with van der Waals surface area (Å²) in [5.41, 5.74) is 8.15. The molecule has 92 valence electrons. The topological polar surface area (TPSA) is 54.0 Å². The third-order valence-electron chi connectivity index (χ3n) is 3.34. The Morgan fingerprint density at radius 2 is 1.79 bits per heavy atom. The van der Waals surface area contributed by atoms with Crippen LogP contribution >= 0.6 is 11.6 Å². The van der Waals surface area contributed by atoms with Crippen molar-refractivity contribution in [3.05, 3.63) is 51.8 Å². The maximum absolute atomic E-state index is 12.2. The normalized spacial score (nSPS) is 12.5. The molecule has 0 spiro atoms. The highest BCUT2D eigenvalue weighted by Gasteiger charge is 2.18. The number of rotatable bonds is 0. The molecule has 4 rings (SSSR count). The highest BCUT2D eigenvalue weighted by Crippen LogP contribution is 2.39. The van der Waals surface area contributed by atoms with E-state index < -0.39 is 0 Å². The van der Waals surface area contributed by atoms with Crippen molar-refractivity contribution < 1.29 is 0 Å². The highest BCUT2D eigenvalue weighted by atomic mass is 35.5. The third kappa shape index (κ3) is 1.34. The molecule has 19 heavy (non-hydrogen) atoms. The van der Waals surface area contributed by atoms with Crippen LogP contribution in [0.4, 0.5) is 11.4 Å². The van der Waals surface area contributed by atoms with Crippen molar-refractivity contribution >= 4 is 44.7 Å². The zero-order valence-corrected chi connectivity index (χ0v) is 10.5. The first-order chi connectivity index (χ1) is 9.25. The van der Waals surface area contributed by atoms with Crippen molar-refractivity contribution in [1.29, 1.82) is 0 Å². The number of benzene rings is 2. The van der Waals surface area contributed by atoms with Crippen molar-refractivity contribution in [2.45, 2.75) is 0 Å². The van der Waals surface area contributed by atoms with Crippen LogP contribution in [0.15, 0.2) is 41.2 Å². The molecule has 0 fully saturated rings. The van der Waals surface area contributed by atoms with Gasteiger partial charge in [0.15, 0.2) is 0 Å². The summed E-state index contributed by atoms with van der Waals surface area (Å²) in [6.45, 7) is 0. The second-order valence-electron chi connectivity index (χ2n) is 4.41. The van der Waals surface area contributed by atoms with Gasteiger partial charge in [-0.3, -0.25) is 10.2 Å². The molecule has 0 atom stereocenters. The lowest BCUT2D eigenvalue weighted by Gasteiger charge is -1.99. The first kappa shape index (κ1) is 10.6. The predicted molar refractivity (Wildman–Crippen MR) is 77.8 cm³/mol. The fourth-order valence-electron chi connectivity index (χ4n) is 2.48. The minimum atomic E-state index is -0.269. The molecule has 1 aromatic heterocycles. The molecule has 5 heteroatoms. The number of fused-ring (bicyclic) bond motifs is 2. The summed E-state index contributed by atoms with van der Waals surface area (Å²) < 4.78 is 0. The van der Waals surface area contributed by atoms with E-state index in [0.717, 1.165) is 22.1 Å². The van der Waals surface area contributed by atoms with E-state index in [1.54, 1.807) is 12.1 Å². The number of anilines is 2. The number of aromatic nitrogens is 1. The van der Waals surface area contributed by atoms with Gasteiger partial charge in [-0.15, -0.1) is 0 Å². The third-order valence-corrected chi connectivity index (χ3v) is 3.65. The number of nitrogens with zero attached hydrogens (tertiary/aromatic N) is 1. The Kier molecular flexibility index (Phi) is 2.00. The van der Waals surface area contributed by atoms with Crippen LogP contribution in [0.2, 0.25) is 5.02 Å². The average molecular weight is 270 g/mol. The van der Waals surface area contributed by atoms with E-state index in [1.807, 2.05) is 24.3 Å². The molecule has 0 bridgehead atoms. The van der Waals surface area contributed by atoms with E-state index in [4.69, 9.17) is 11.6 Å². The first-order valence-corrected chi connectivity index (χ1v) is 6.21. The van der Waals surface area contributed by atoms with Crippen molar-refractivity contribution in [3.8, 4) is 0 Å². The fourth-order valence-corrected chi connectivity index (χ4v) is 2.68. The fraction of sp³-hybridized carbons (Fsp3) is 0. The van der Waals surface area contributed by atoms with E-state index in [2.05, 4.69) is 15.8 Å². The van der Waals surface area contributed by atoms with Crippen molar-refractivity contribution in [2.24, 2.45) is 0 Å². The first-order valence-electron chi connectivity index (χ1n) is 5.83. The summed E-state index contributed by atoms with van der Waals surface area (Å²) in [5.74, 6) is 0. The van der Waals surface area contributed by atoms with E-state index in [9.17, 15) is 4.79 Å². The van der Waals surface area contributed by atoms with Crippen LogP contribution in [0, 0.1) is 0 Å². The molecule has 0 aliphatic carbocycles. The van der Waals surface area contributed by atoms with Crippen molar-refractivity contribution in [2.75, 3.05) is 10.9 Å². The van der Waals surface area contributed by atoms with Gasteiger partial charge in [0.05, 0.1) is 32.7 Å². The van der Waals surface area contributed by atoms with Gasteiger partial charge in [-0.1, -0.05) is 29.8 Å². The Hall–Kier alpha value is -2.33. The molecule has 3 aromatic rings. The molecule has 1 aliphatic heterocycles. The minimum Gasteiger partial charge on any atom is -0.300 e. The molecular weight excluding hydrogens is 262 g/mol. The number of hydrazine groups is 1. The van der Waals surface area contributed by atoms with E-state index in [-0.39, 0.29) is 5.56 Å². The van der Waals surface area contributed by atoms with Crippen LogP contribution in [0.25, 0.3) is 21.7 Å². The molecular formula is C14H8ClN3O. The van der Waals surface area contributed by atoms with Gasteiger partial charge < -0.3 is 5.43 Å². The molecule has 0 amide bonds. The predicted octanol–water partition coefficient (Wildman–Crippen LogP) is 3.15. The monoisotopic (exact) mass is 269 g/mol. The molecule has 0 saturated heterocycles. The number of halogens is 1. The quantitative estimate of drug-likeness (QED) is 0.658. The molecule has 2 heterocycles. The smallest absolute Gasteiger partial charge is 0.278 e. The standard InChI is InChI=1S/C14H8ClN3O/c15-9-5-6-10-11-12(18-17-10)7-3-1-2-4-8(7)14(19)16-13(9)11/h1-6,17-18H. The minimum absolute atomic E-state index is 0.269. The molecule has 0 saturated carbocycles. The molecule has 4 nitrogen and oxygen atoms in total.